The van der Waals surface area contributed by atoms with E-state index in [1.807, 2.05) is 0 Å². The van der Waals surface area contributed by atoms with Crippen LogP contribution in [0, 0.1) is 5.92 Å². The van der Waals surface area contributed by atoms with Gasteiger partial charge in [-0.05, 0) is 0 Å². The summed E-state index contributed by atoms with van der Waals surface area (Å²) in [5.74, 6) is -1.84. The summed E-state index contributed by atoms with van der Waals surface area (Å²) in [4.78, 5) is 34.9. The largest absolute Gasteiger partial charge is 0.481 e. The zero-order chi connectivity index (χ0) is 15.7. The van der Waals surface area contributed by atoms with Crippen LogP contribution in [0.4, 0.5) is 4.79 Å². The van der Waals surface area contributed by atoms with E-state index in [0.29, 0.717) is 0 Å². The maximum atomic E-state index is 11.8. The van der Waals surface area contributed by atoms with Crippen LogP contribution in [0.5, 0.6) is 0 Å². The summed E-state index contributed by atoms with van der Waals surface area (Å²) < 4.78 is 9.51. The molecule has 0 aliphatic rings. The number of esters is 1. The SMILES string of the molecule is COC(=O)C(C)CN(C)C(=O)NCC(CC(=O)O)OC. The minimum Gasteiger partial charge on any atom is -0.481 e. The highest BCUT2D eigenvalue weighted by Crippen LogP contribution is 2.01. The first kappa shape index (κ1) is 18.2. The number of hydrogen-bond acceptors (Lipinski definition) is 5. The van der Waals surface area contributed by atoms with Crippen molar-refractivity contribution in [3.8, 4) is 0 Å². The van der Waals surface area contributed by atoms with Gasteiger partial charge in [0, 0.05) is 27.2 Å². The van der Waals surface area contributed by atoms with Crippen molar-refractivity contribution in [1.29, 1.82) is 0 Å². The number of carbonyl (C=O) groups is 3. The van der Waals surface area contributed by atoms with E-state index in [-0.39, 0.29) is 19.5 Å². The number of rotatable bonds is 8. The number of nitrogens with zero attached hydrogens (tertiary/aromatic N) is 1. The molecule has 0 aliphatic carbocycles. The second-order valence-electron chi connectivity index (χ2n) is 4.45. The van der Waals surface area contributed by atoms with E-state index in [1.165, 1.54) is 26.2 Å². The molecule has 0 heterocycles. The van der Waals surface area contributed by atoms with Gasteiger partial charge in [-0.2, -0.15) is 0 Å². The zero-order valence-corrected chi connectivity index (χ0v) is 12.2. The average Bonchev–Trinajstić information content (AvgIpc) is 2.41. The Bertz CT molecular complexity index is 347. The molecule has 0 saturated carbocycles. The van der Waals surface area contributed by atoms with Gasteiger partial charge in [0.15, 0.2) is 0 Å². The molecule has 20 heavy (non-hydrogen) atoms. The highest BCUT2D eigenvalue weighted by Gasteiger charge is 2.20. The van der Waals surface area contributed by atoms with E-state index in [0.717, 1.165) is 0 Å². The number of carboxylic acids is 1. The molecule has 0 aromatic heterocycles. The lowest BCUT2D eigenvalue weighted by atomic mass is 10.2. The van der Waals surface area contributed by atoms with Crippen molar-refractivity contribution in [3.05, 3.63) is 0 Å². The third-order valence-electron chi connectivity index (χ3n) is 2.71. The molecule has 0 rings (SSSR count). The topological polar surface area (TPSA) is 105 Å². The fourth-order valence-electron chi connectivity index (χ4n) is 1.54. The maximum absolute atomic E-state index is 11.8. The van der Waals surface area contributed by atoms with Crippen molar-refractivity contribution in [2.45, 2.75) is 19.4 Å². The normalized spacial score (nSPS) is 13.2. The third kappa shape index (κ3) is 6.93. The zero-order valence-electron chi connectivity index (χ0n) is 12.2. The summed E-state index contributed by atoms with van der Waals surface area (Å²) in [6.45, 7) is 1.94. The molecule has 8 nitrogen and oxygen atoms in total. The summed E-state index contributed by atoms with van der Waals surface area (Å²) in [5, 5.41) is 11.2. The molecule has 2 atom stereocenters. The number of carboxylic acid groups (broad SMARTS) is 1. The Morgan fingerprint density at radius 3 is 2.35 bits per heavy atom. The van der Waals surface area contributed by atoms with Crippen molar-refractivity contribution in [1.82, 2.24) is 10.2 Å². The van der Waals surface area contributed by atoms with E-state index in [9.17, 15) is 14.4 Å². The van der Waals surface area contributed by atoms with Crippen molar-refractivity contribution >= 4 is 18.0 Å². The second kappa shape index (κ2) is 9.13. The van der Waals surface area contributed by atoms with Crippen LogP contribution in [0.3, 0.4) is 0 Å². The molecular formula is C12H22N2O6. The second-order valence-corrected chi connectivity index (χ2v) is 4.45. The van der Waals surface area contributed by atoms with E-state index < -0.39 is 30.0 Å². The molecule has 2 N–H and O–H groups in total. The lowest BCUT2D eigenvalue weighted by molar-refractivity contribution is -0.145. The smallest absolute Gasteiger partial charge is 0.317 e. The van der Waals surface area contributed by atoms with Crippen LogP contribution in [0.25, 0.3) is 0 Å². The Labute approximate surface area is 118 Å². The fourth-order valence-corrected chi connectivity index (χ4v) is 1.54. The van der Waals surface area contributed by atoms with Gasteiger partial charge in [-0.15, -0.1) is 0 Å². The standard InChI is InChI=1S/C12H22N2O6/c1-8(11(17)20-4)7-14(2)12(18)13-6-9(19-3)5-10(15)16/h8-9H,5-7H2,1-4H3,(H,13,18)(H,15,16). The number of ether oxygens (including phenoxy) is 2. The minimum absolute atomic E-state index is 0.0819. The molecule has 0 fully saturated rings. The first-order valence-electron chi connectivity index (χ1n) is 6.13. The molecule has 116 valence electrons. The molecule has 0 radical (unpaired) electrons. The Balaban J connectivity index is 4.19. The van der Waals surface area contributed by atoms with Gasteiger partial charge in [-0.1, -0.05) is 6.92 Å². The minimum atomic E-state index is -1.00. The lowest BCUT2D eigenvalue weighted by Gasteiger charge is -2.22. The maximum Gasteiger partial charge on any atom is 0.317 e. The van der Waals surface area contributed by atoms with Crippen LogP contribution >= 0.6 is 0 Å². The number of methoxy groups -OCH3 is 2. The highest BCUT2D eigenvalue weighted by molar-refractivity contribution is 5.76. The summed E-state index contributed by atoms with van der Waals surface area (Å²) >= 11 is 0. The van der Waals surface area contributed by atoms with Crippen LogP contribution in [-0.4, -0.2) is 68.4 Å². The Kier molecular flexibility index (Phi) is 8.30. The molecule has 2 unspecified atom stereocenters. The Morgan fingerprint density at radius 2 is 1.90 bits per heavy atom. The van der Waals surface area contributed by atoms with Gasteiger partial charge in [-0.25, -0.2) is 4.79 Å². The summed E-state index contributed by atoms with van der Waals surface area (Å²) in [7, 11) is 4.20. The molecule has 2 amide bonds. The van der Waals surface area contributed by atoms with Gasteiger partial charge in [0.25, 0.3) is 0 Å². The first-order valence-corrected chi connectivity index (χ1v) is 6.13. The molecule has 0 bridgehead atoms. The molecular weight excluding hydrogens is 268 g/mol. The Morgan fingerprint density at radius 1 is 1.30 bits per heavy atom. The van der Waals surface area contributed by atoms with Crippen molar-refractivity contribution in [3.63, 3.8) is 0 Å². The number of carbonyl (C=O) groups excluding carboxylic acids is 2. The molecule has 0 saturated heterocycles. The number of aliphatic carboxylic acids is 1. The monoisotopic (exact) mass is 290 g/mol. The quantitative estimate of drug-likeness (QED) is 0.606. The van der Waals surface area contributed by atoms with Crippen molar-refractivity contribution in [2.75, 3.05) is 34.4 Å². The fraction of sp³-hybridized carbons (Fsp3) is 0.750. The number of urea groups is 1. The molecule has 0 aliphatic heterocycles. The van der Waals surface area contributed by atoms with Gasteiger partial charge in [0.1, 0.15) is 0 Å². The van der Waals surface area contributed by atoms with Crippen LogP contribution in [0.15, 0.2) is 0 Å². The van der Waals surface area contributed by atoms with Gasteiger partial charge < -0.3 is 24.8 Å². The molecule has 0 aromatic carbocycles. The Hall–Kier alpha value is -1.83. The lowest BCUT2D eigenvalue weighted by Crippen LogP contribution is -2.44. The average molecular weight is 290 g/mol. The van der Waals surface area contributed by atoms with E-state index in [1.54, 1.807) is 6.92 Å². The molecule has 8 heteroatoms. The van der Waals surface area contributed by atoms with E-state index >= 15 is 0 Å². The summed E-state index contributed by atoms with van der Waals surface area (Å²) in [6, 6.07) is -0.409. The van der Waals surface area contributed by atoms with E-state index in [2.05, 4.69) is 10.1 Å². The van der Waals surface area contributed by atoms with Gasteiger partial charge in [-0.3, -0.25) is 9.59 Å². The predicted molar refractivity (Wildman–Crippen MR) is 70.3 cm³/mol. The van der Waals surface area contributed by atoms with Crippen LogP contribution < -0.4 is 5.32 Å². The molecule has 0 spiro atoms. The summed E-state index contributed by atoms with van der Waals surface area (Å²) in [5.41, 5.74) is 0. The van der Waals surface area contributed by atoms with Gasteiger partial charge in [0.05, 0.1) is 25.6 Å². The van der Waals surface area contributed by atoms with Gasteiger partial charge in [0.2, 0.25) is 0 Å². The van der Waals surface area contributed by atoms with E-state index in [4.69, 9.17) is 9.84 Å². The van der Waals surface area contributed by atoms with Crippen LogP contribution in [-0.2, 0) is 19.1 Å². The van der Waals surface area contributed by atoms with Gasteiger partial charge >= 0.3 is 18.0 Å². The van der Waals surface area contributed by atoms with Crippen molar-refractivity contribution in [2.24, 2.45) is 5.92 Å². The first-order chi connectivity index (χ1) is 9.31. The number of nitrogens with one attached hydrogen (secondary N) is 1. The van der Waals surface area contributed by atoms with Crippen molar-refractivity contribution < 1.29 is 29.0 Å². The number of hydrogen-bond donors (Lipinski definition) is 2. The third-order valence-corrected chi connectivity index (χ3v) is 2.71. The molecule has 0 aromatic rings. The number of amides is 2. The summed E-state index contributed by atoms with van der Waals surface area (Å²) in [6.07, 6.45) is -0.790. The van der Waals surface area contributed by atoms with Crippen LogP contribution in [0.2, 0.25) is 0 Å². The predicted octanol–water partition coefficient (Wildman–Crippen LogP) is -0.0734. The van der Waals surface area contributed by atoms with Crippen LogP contribution in [0.1, 0.15) is 13.3 Å². The highest BCUT2D eigenvalue weighted by atomic mass is 16.5.